The van der Waals surface area contributed by atoms with Gasteiger partial charge in [0.15, 0.2) is 0 Å². The van der Waals surface area contributed by atoms with Gasteiger partial charge < -0.3 is 15.5 Å². The Morgan fingerprint density at radius 2 is 1.94 bits per heavy atom. The van der Waals surface area contributed by atoms with Crippen molar-refractivity contribution >= 4 is 40.5 Å². The van der Waals surface area contributed by atoms with E-state index >= 15 is 0 Å². The molecule has 0 atom stereocenters. The number of nitrogens with one attached hydrogen (secondary N) is 2. The lowest BCUT2D eigenvalue weighted by Crippen LogP contribution is -2.34. The van der Waals surface area contributed by atoms with E-state index in [0.717, 1.165) is 47.7 Å². The van der Waals surface area contributed by atoms with Gasteiger partial charge in [-0.15, -0.1) is 0 Å². The van der Waals surface area contributed by atoms with Gasteiger partial charge in [0.05, 0.1) is 39.4 Å². The van der Waals surface area contributed by atoms with Gasteiger partial charge >= 0.3 is 0 Å². The highest BCUT2D eigenvalue weighted by Crippen LogP contribution is 2.34. The van der Waals surface area contributed by atoms with E-state index < -0.39 is 0 Å². The second-order valence-electron chi connectivity index (χ2n) is 9.47. The lowest BCUT2D eigenvalue weighted by atomic mass is 9.97. The number of hydrogen-bond acceptors (Lipinski definition) is 5. The summed E-state index contributed by atoms with van der Waals surface area (Å²) in [7, 11) is 1.83. The first kappa shape index (κ1) is 23.1. The van der Waals surface area contributed by atoms with Crippen molar-refractivity contribution in [2.24, 2.45) is 0 Å². The third kappa shape index (κ3) is 4.42. The molecule has 0 fully saturated rings. The average Bonchev–Trinajstić information content (AvgIpc) is 3.09. The van der Waals surface area contributed by atoms with Gasteiger partial charge in [0, 0.05) is 25.2 Å². The number of hydrogen-bond donors (Lipinski definition) is 2. The molecule has 7 nitrogen and oxygen atoms in total. The summed E-state index contributed by atoms with van der Waals surface area (Å²) in [5.41, 5.74) is 5.13. The molecule has 1 aliphatic rings. The van der Waals surface area contributed by atoms with Gasteiger partial charge in [0.1, 0.15) is 11.6 Å². The molecule has 0 saturated heterocycles. The predicted molar refractivity (Wildman–Crippen MR) is 134 cm³/mol. The molecule has 0 unspecified atom stereocenters. The summed E-state index contributed by atoms with van der Waals surface area (Å²) in [6, 6.07) is 7.75. The fourth-order valence-corrected chi connectivity index (χ4v) is 4.27. The SMILES string of the molecule is CCc1nn(C(C)(C)C)c(Nc2cc(Nc3cccc4c3C(=O)N(C)CC4)c(Cl)cn2)c1C. The number of rotatable bonds is 5. The van der Waals surface area contributed by atoms with E-state index in [9.17, 15) is 4.79 Å². The van der Waals surface area contributed by atoms with E-state index in [1.54, 1.807) is 11.1 Å². The van der Waals surface area contributed by atoms with E-state index in [0.29, 0.717) is 22.1 Å². The molecule has 3 aromatic rings. The minimum absolute atomic E-state index is 0.0136. The third-order valence-corrected chi connectivity index (χ3v) is 6.29. The van der Waals surface area contributed by atoms with Crippen LogP contribution in [0.4, 0.5) is 23.0 Å². The average molecular weight is 467 g/mol. The highest BCUT2D eigenvalue weighted by molar-refractivity contribution is 6.33. The molecule has 1 aromatic carbocycles. The van der Waals surface area contributed by atoms with E-state index in [2.05, 4.69) is 50.2 Å². The minimum atomic E-state index is -0.191. The summed E-state index contributed by atoms with van der Waals surface area (Å²) in [5, 5.41) is 12.1. The van der Waals surface area contributed by atoms with Crippen LogP contribution >= 0.6 is 11.6 Å². The van der Waals surface area contributed by atoms with Crippen molar-refractivity contribution in [3.8, 4) is 0 Å². The third-order valence-electron chi connectivity index (χ3n) is 5.99. The monoisotopic (exact) mass is 466 g/mol. The van der Waals surface area contributed by atoms with Crippen LogP contribution in [0, 0.1) is 6.92 Å². The Kier molecular flexibility index (Phi) is 6.10. The summed E-state index contributed by atoms with van der Waals surface area (Å²) in [6.45, 7) is 11.3. The van der Waals surface area contributed by atoms with Gasteiger partial charge in [0.25, 0.3) is 5.91 Å². The van der Waals surface area contributed by atoms with Crippen LogP contribution in [0.25, 0.3) is 0 Å². The molecule has 2 aromatic heterocycles. The van der Waals surface area contributed by atoms with Crippen molar-refractivity contribution in [1.29, 1.82) is 0 Å². The molecular formula is C25H31ClN6O. The highest BCUT2D eigenvalue weighted by atomic mass is 35.5. The number of anilines is 4. The molecule has 0 bridgehead atoms. The Balaban J connectivity index is 1.69. The molecule has 2 N–H and O–H groups in total. The second-order valence-corrected chi connectivity index (χ2v) is 9.88. The van der Waals surface area contributed by atoms with Gasteiger partial charge in [-0.25, -0.2) is 9.67 Å². The van der Waals surface area contributed by atoms with Crippen molar-refractivity contribution in [3.63, 3.8) is 0 Å². The predicted octanol–water partition coefficient (Wildman–Crippen LogP) is 5.67. The quantitative estimate of drug-likeness (QED) is 0.506. The molecule has 1 amide bonds. The fraction of sp³-hybridized carbons (Fsp3) is 0.400. The van der Waals surface area contributed by atoms with Crippen LogP contribution in [-0.2, 0) is 18.4 Å². The van der Waals surface area contributed by atoms with Crippen molar-refractivity contribution in [3.05, 3.63) is 57.9 Å². The van der Waals surface area contributed by atoms with Crippen LogP contribution in [-0.4, -0.2) is 39.2 Å². The minimum Gasteiger partial charge on any atom is -0.353 e. The molecule has 33 heavy (non-hydrogen) atoms. The molecule has 3 heterocycles. The molecular weight excluding hydrogens is 436 g/mol. The van der Waals surface area contributed by atoms with Gasteiger partial charge in [0.2, 0.25) is 0 Å². The van der Waals surface area contributed by atoms with E-state index in [4.69, 9.17) is 16.7 Å². The highest BCUT2D eigenvalue weighted by Gasteiger charge is 2.25. The lowest BCUT2D eigenvalue weighted by molar-refractivity contribution is 0.0782. The van der Waals surface area contributed by atoms with E-state index in [1.165, 1.54) is 0 Å². The summed E-state index contributed by atoms with van der Waals surface area (Å²) in [5.74, 6) is 1.57. The van der Waals surface area contributed by atoms with Crippen LogP contribution in [0.2, 0.25) is 5.02 Å². The van der Waals surface area contributed by atoms with Crippen molar-refractivity contribution < 1.29 is 4.79 Å². The molecule has 0 aliphatic carbocycles. The summed E-state index contributed by atoms with van der Waals surface area (Å²) >= 11 is 6.49. The first-order valence-electron chi connectivity index (χ1n) is 11.3. The normalized spacial score (nSPS) is 13.8. The van der Waals surface area contributed by atoms with Gasteiger partial charge in [-0.1, -0.05) is 30.7 Å². The Labute approximate surface area is 200 Å². The fourth-order valence-electron chi connectivity index (χ4n) is 4.12. The van der Waals surface area contributed by atoms with Crippen molar-refractivity contribution in [2.75, 3.05) is 24.2 Å². The van der Waals surface area contributed by atoms with Crippen LogP contribution in [0.5, 0.6) is 0 Å². The number of amides is 1. The number of likely N-dealkylation sites (N-methyl/N-ethyl adjacent to an activating group) is 1. The molecule has 1 aliphatic heterocycles. The molecule has 0 spiro atoms. The summed E-state index contributed by atoms with van der Waals surface area (Å²) in [4.78, 5) is 19.1. The van der Waals surface area contributed by atoms with E-state index in [1.807, 2.05) is 36.0 Å². The van der Waals surface area contributed by atoms with Crippen LogP contribution in [0.3, 0.4) is 0 Å². The maximum absolute atomic E-state index is 12.8. The first-order chi connectivity index (χ1) is 15.6. The van der Waals surface area contributed by atoms with Crippen LogP contribution in [0.15, 0.2) is 30.5 Å². The van der Waals surface area contributed by atoms with Gasteiger partial charge in [-0.05, 0) is 52.2 Å². The van der Waals surface area contributed by atoms with E-state index in [-0.39, 0.29) is 11.4 Å². The Morgan fingerprint density at radius 3 is 2.64 bits per heavy atom. The zero-order chi connectivity index (χ0) is 23.9. The number of fused-ring (bicyclic) bond motifs is 1. The summed E-state index contributed by atoms with van der Waals surface area (Å²) < 4.78 is 2.01. The number of pyridine rings is 1. The molecule has 4 rings (SSSR count). The van der Waals surface area contributed by atoms with Gasteiger partial charge in [-0.2, -0.15) is 5.10 Å². The van der Waals surface area contributed by atoms with Gasteiger partial charge in [-0.3, -0.25) is 4.79 Å². The second kappa shape index (κ2) is 8.71. The van der Waals surface area contributed by atoms with Crippen molar-refractivity contribution in [2.45, 2.75) is 53.0 Å². The Hall–Kier alpha value is -3.06. The number of benzene rings is 1. The first-order valence-corrected chi connectivity index (χ1v) is 11.6. The summed E-state index contributed by atoms with van der Waals surface area (Å²) in [6.07, 6.45) is 3.30. The number of aromatic nitrogens is 3. The molecule has 174 valence electrons. The zero-order valence-corrected chi connectivity index (χ0v) is 20.8. The molecule has 0 radical (unpaired) electrons. The standard InChI is InChI=1S/C25H31ClN6O/c1-7-18-15(2)23(32(30-18)25(3,4)5)29-21-13-20(17(26)14-27-21)28-19-10-8-9-16-11-12-31(6)24(33)22(16)19/h8-10,13-14H,7,11-12H2,1-6H3,(H2,27,28,29). The van der Waals surface area contributed by atoms with Crippen molar-refractivity contribution in [1.82, 2.24) is 19.7 Å². The largest absolute Gasteiger partial charge is 0.353 e. The lowest BCUT2D eigenvalue weighted by Gasteiger charge is -2.27. The maximum atomic E-state index is 12.8. The van der Waals surface area contributed by atoms with Crippen LogP contribution in [0.1, 0.15) is 54.9 Å². The number of aryl methyl sites for hydroxylation is 1. The Morgan fingerprint density at radius 1 is 1.18 bits per heavy atom. The number of carbonyl (C=O) groups excluding carboxylic acids is 1. The molecule has 0 saturated carbocycles. The number of nitrogens with zero attached hydrogens (tertiary/aromatic N) is 4. The number of halogens is 1. The smallest absolute Gasteiger partial charge is 0.255 e. The maximum Gasteiger partial charge on any atom is 0.255 e. The zero-order valence-electron chi connectivity index (χ0n) is 20.1. The molecule has 8 heteroatoms. The number of carbonyl (C=O) groups is 1. The topological polar surface area (TPSA) is 75.1 Å². The Bertz CT molecular complexity index is 1210. The van der Waals surface area contributed by atoms with Crippen LogP contribution < -0.4 is 10.6 Å².